The summed E-state index contributed by atoms with van der Waals surface area (Å²) >= 11 is 0. The van der Waals surface area contributed by atoms with Crippen molar-refractivity contribution in [2.24, 2.45) is 0 Å². The van der Waals surface area contributed by atoms with Gasteiger partial charge in [-0.25, -0.2) is 0 Å². The second kappa shape index (κ2) is 10.1. The van der Waals surface area contributed by atoms with E-state index in [4.69, 9.17) is 37.9 Å². The Hall–Kier alpha value is -0.400. The first-order chi connectivity index (χ1) is 13.7. The van der Waals surface area contributed by atoms with Crippen LogP contribution in [0.2, 0.25) is 0 Å². The van der Waals surface area contributed by atoms with Crippen LogP contribution in [0.5, 0.6) is 0 Å². The summed E-state index contributed by atoms with van der Waals surface area (Å²) in [7, 11) is 0. The third kappa shape index (κ3) is 7.45. The van der Waals surface area contributed by atoms with Gasteiger partial charge in [-0.1, -0.05) is 0 Å². The zero-order chi connectivity index (χ0) is 19.3. The molecule has 4 heterocycles. The zero-order valence-corrected chi connectivity index (χ0v) is 15.9. The molecule has 0 bridgehead atoms. The highest BCUT2D eigenvalue weighted by molar-refractivity contribution is 4.86. The number of hydrogen-bond acceptors (Lipinski definition) is 10. The van der Waals surface area contributed by atoms with Crippen molar-refractivity contribution < 1.29 is 48.1 Å². The number of hydrogen-bond donors (Lipinski definition) is 2. The molecule has 0 aliphatic carbocycles. The van der Waals surface area contributed by atoms with E-state index < -0.39 is 24.4 Å². The molecule has 4 aliphatic rings. The van der Waals surface area contributed by atoms with E-state index in [9.17, 15) is 10.2 Å². The van der Waals surface area contributed by atoms with Crippen LogP contribution in [0.4, 0.5) is 0 Å². The highest BCUT2D eigenvalue weighted by atomic mass is 16.6. The Morgan fingerprint density at radius 1 is 0.679 bits per heavy atom. The average molecular weight is 406 g/mol. The van der Waals surface area contributed by atoms with Crippen molar-refractivity contribution in [1.82, 2.24) is 0 Å². The minimum Gasteiger partial charge on any atom is -0.388 e. The Balaban J connectivity index is 1.29. The minimum absolute atomic E-state index is 0.00480. The van der Waals surface area contributed by atoms with Crippen LogP contribution in [-0.4, -0.2) is 125 Å². The maximum atomic E-state index is 10.9. The summed E-state index contributed by atoms with van der Waals surface area (Å²) in [6.07, 6.45) is -3.42. The van der Waals surface area contributed by atoms with Gasteiger partial charge in [-0.15, -0.1) is 0 Å². The predicted octanol–water partition coefficient (Wildman–Crippen LogP) is -1.89. The van der Waals surface area contributed by atoms with Crippen LogP contribution in [0.3, 0.4) is 0 Å². The van der Waals surface area contributed by atoms with Crippen molar-refractivity contribution in [1.29, 1.82) is 0 Å². The maximum absolute atomic E-state index is 10.9. The average Bonchev–Trinajstić information content (AvgIpc) is 3.53. The van der Waals surface area contributed by atoms with Gasteiger partial charge in [-0.05, 0) is 0 Å². The molecule has 28 heavy (non-hydrogen) atoms. The molecule has 10 nitrogen and oxygen atoms in total. The van der Waals surface area contributed by atoms with Gasteiger partial charge in [0.2, 0.25) is 0 Å². The van der Waals surface area contributed by atoms with Gasteiger partial charge in [-0.3, -0.25) is 0 Å². The van der Waals surface area contributed by atoms with Gasteiger partial charge in [0.15, 0.2) is 0 Å². The zero-order valence-electron chi connectivity index (χ0n) is 15.9. The molecular formula is C18H30O10. The first-order valence-corrected chi connectivity index (χ1v) is 9.90. The van der Waals surface area contributed by atoms with Gasteiger partial charge in [0.1, 0.15) is 48.8 Å². The van der Waals surface area contributed by atoms with Gasteiger partial charge >= 0.3 is 0 Å². The van der Waals surface area contributed by atoms with E-state index in [-0.39, 0.29) is 37.6 Å². The van der Waals surface area contributed by atoms with Crippen LogP contribution in [0.1, 0.15) is 0 Å². The van der Waals surface area contributed by atoms with Crippen molar-refractivity contribution in [3.05, 3.63) is 0 Å². The number of epoxide rings is 4. The van der Waals surface area contributed by atoms with Gasteiger partial charge in [-0.2, -0.15) is 0 Å². The molecule has 0 amide bonds. The number of ether oxygens (including phenoxy) is 8. The van der Waals surface area contributed by atoms with Crippen molar-refractivity contribution in [3.63, 3.8) is 0 Å². The van der Waals surface area contributed by atoms with Crippen LogP contribution in [0.25, 0.3) is 0 Å². The fraction of sp³-hybridized carbons (Fsp3) is 1.00. The molecule has 4 aliphatic heterocycles. The summed E-state index contributed by atoms with van der Waals surface area (Å²) in [6.45, 7) is 4.34. The Morgan fingerprint density at radius 2 is 1.14 bits per heavy atom. The Bertz CT molecular complexity index is 463. The van der Waals surface area contributed by atoms with Gasteiger partial charge in [0, 0.05) is 0 Å². The normalized spacial score (nSPS) is 34.5. The van der Waals surface area contributed by atoms with E-state index in [1.54, 1.807) is 0 Å². The van der Waals surface area contributed by atoms with E-state index in [0.717, 1.165) is 0 Å². The van der Waals surface area contributed by atoms with Crippen molar-refractivity contribution >= 4 is 0 Å². The fourth-order valence-corrected chi connectivity index (χ4v) is 2.73. The lowest BCUT2D eigenvalue weighted by Gasteiger charge is -2.32. The third-order valence-corrected chi connectivity index (χ3v) is 4.86. The van der Waals surface area contributed by atoms with Gasteiger partial charge < -0.3 is 48.1 Å². The molecule has 4 rings (SSSR count). The summed E-state index contributed by atoms with van der Waals surface area (Å²) in [5.74, 6) is 0. The van der Waals surface area contributed by atoms with Crippen LogP contribution < -0.4 is 0 Å². The summed E-state index contributed by atoms with van der Waals surface area (Å²) < 4.78 is 43.2. The van der Waals surface area contributed by atoms with E-state index in [0.29, 0.717) is 52.9 Å². The SMILES string of the molecule is O[C@@H]([C@H](OCC1CO1)[C@H](O)COCC1CO1)[C@H](COCC1CO1)OCC1CO1. The quantitative estimate of drug-likeness (QED) is 0.265. The lowest BCUT2D eigenvalue weighted by Crippen LogP contribution is -2.51. The third-order valence-electron chi connectivity index (χ3n) is 4.86. The summed E-state index contributed by atoms with van der Waals surface area (Å²) in [5, 5.41) is 21.5. The molecule has 0 aromatic carbocycles. The highest BCUT2D eigenvalue weighted by Crippen LogP contribution is 2.20. The fourth-order valence-electron chi connectivity index (χ4n) is 2.73. The second-order valence-corrected chi connectivity index (χ2v) is 7.62. The first kappa shape index (κ1) is 20.9. The molecule has 2 N–H and O–H groups in total. The monoisotopic (exact) mass is 406 g/mol. The summed E-state index contributed by atoms with van der Waals surface area (Å²) in [5.41, 5.74) is 0. The van der Waals surface area contributed by atoms with Crippen LogP contribution in [-0.2, 0) is 37.9 Å². The standard InChI is InChI=1S/C18H30O10/c19-15(9-21-1-11-3-23-11)18(28-8-14-6-26-14)17(20)16(27-7-13-5-25-13)10-22-2-12-4-24-12/h11-20H,1-10H2/t11?,12?,13?,14?,15-,16+,17-,18-/m1/s1. The van der Waals surface area contributed by atoms with E-state index in [1.807, 2.05) is 0 Å². The molecule has 4 fully saturated rings. The van der Waals surface area contributed by atoms with E-state index in [2.05, 4.69) is 0 Å². The smallest absolute Gasteiger partial charge is 0.114 e. The number of aliphatic hydroxyl groups is 2. The lowest BCUT2D eigenvalue weighted by molar-refractivity contribution is -0.171. The van der Waals surface area contributed by atoms with Crippen LogP contribution in [0.15, 0.2) is 0 Å². The first-order valence-electron chi connectivity index (χ1n) is 9.90. The van der Waals surface area contributed by atoms with Crippen molar-refractivity contribution in [2.45, 2.75) is 48.8 Å². The summed E-state index contributed by atoms with van der Waals surface area (Å²) in [6, 6.07) is 0. The topological polar surface area (TPSA) is 128 Å². The Kier molecular flexibility index (Phi) is 7.50. The number of aliphatic hydroxyl groups excluding tert-OH is 2. The van der Waals surface area contributed by atoms with Crippen molar-refractivity contribution in [3.8, 4) is 0 Å². The Morgan fingerprint density at radius 3 is 1.68 bits per heavy atom. The predicted molar refractivity (Wildman–Crippen MR) is 92.1 cm³/mol. The van der Waals surface area contributed by atoms with Crippen molar-refractivity contribution in [2.75, 3.05) is 66.1 Å². The molecule has 4 saturated heterocycles. The van der Waals surface area contributed by atoms with Gasteiger partial charge in [0.25, 0.3) is 0 Å². The largest absolute Gasteiger partial charge is 0.388 e. The minimum atomic E-state index is -1.10. The van der Waals surface area contributed by atoms with E-state index in [1.165, 1.54) is 0 Å². The van der Waals surface area contributed by atoms with E-state index >= 15 is 0 Å². The van der Waals surface area contributed by atoms with Crippen LogP contribution >= 0.6 is 0 Å². The molecule has 0 spiro atoms. The molecule has 8 atom stereocenters. The number of rotatable bonds is 17. The lowest BCUT2D eigenvalue weighted by atomic mass is 10.0. The molecular weight excluding hydrogens is 376 g/mol. The highest BCUT2D eigenvalue weighted by Gasteiger charge is 2.38. The second-order valence-electron chi connectivity index (χ2n) is 7.62. The molecule has 10 heteroatoms. The molecule has 162 valence electrons. The molecule has 0 radical (unpaired) electrons. The molecule has 4 unspecified atom stereocenters. The van der Waals surface area contributed by atoms with Gasteiger partial charge in [0.05, 0.1) is 66.1 Å². The summed E-state index contributed by atoms with van der Waals surface area (Å²) in [4.78, 5) is 0. The molecule has 0 aromatic rings. The maximum Gasteiger partial charge on any atom is 0.114 e. The molecule has 0 saturated carbocycles. The Labute approximate surface area is 163 Å². The molecule has 0 aromatic heterocycles. The van der Waals surface area contributed by atoms with Crippen LogP contribution in [0, 0.1) is 0 Å².